The number of thioether (sulfide) groups is 1. The minimum absolute atomic E-state index is 0.0787. The lowest BCUT2D eigenvalue weighted by Crippen LogP contribution is -2.13. The maximum Gasteiger partial charge on any atom is 0.287 e. The number of nitrogens with zero attached hydrogens (tertiary/aromatic N) is 2. The molecule has 6 nitrogen and oxygen atoms in total. The van der Waals surface area contributed by atoms with Crippen LogP contribution in [0.3, 0.4) is 0 Å². The molecule has 2 rings (SSSR count). The summed E-state index contributed by atoms with van der Waals surface area (Å²) in [7, 11) is 0. The molecular formula is C13H10ClN3O3S. The number of rotatable bonds is 5. The number of hydrogen-bond acceptors (Lipinski definition) is 5. The third-order valence-corrected chi connectivity index (χ3v) is 3.61. The van der Waals surface area contributed by atoms with Crippen molar-refractivity contribution in [1.82, 2.24) is 4.98 Å². The number of nitrogens with one attached hydrogen (secondary N) is 1. The molecular weight excluding hydrogens is 314 g/mol. The van der Waals surface area contributed by atoms with Gasteiger partial charge in [-0.05, 0) is 30.3 Å². The lowest BCUT2D eigenvalue weighted by atomic mass is 10.3. The summed E-state index contributed by atoms with van der Waals surface area (Å²) in [5.41, 5.74) is 0.576. The first-order chi connectivity index (χ1) is 10.0. The first kappa shape index (κ1) is 15.3. The second kappa shape index (κ2) is 7.05. The van der Waals surface area contributed by atoms with Gasteiger partial charge in [-0.3, -0.25) is 14.9 Å². The van der Waals surface area contributed by atoms with E-state index in [-0.39, 0.29) is 17.3 Å². The van der Waals surface area contributed by atoms with E-state index in [2.05, 4.69) is 10.3 Å². The molecule has 1 heterocycles. The Morgan fingerprint density at radius 3 is 2.57 bits per heavy atom. The van der Waals surface area contributed by atoms with E-state index < -0.39 is 4.92 Å². The Balaban J connectivity index is 1.86. The summed E-state index contributed by atoms with van der Waals surface area (Å²) in [6, 6.07) is 9.64. The highest BCUT2D eigenvalue weighted by atomic mass is 35.5. The third kappa shape index (κ3) is 4.73. The van der Waals surface area contributed by atoms with Gasteiger partial charge in [0.15, 0.2) is 0 Å². The van der Waals surface area contributed by atoms with Crippen LogP contribution in [0.25, 0.3) is 0 Å². The highest BCUT2D eigenvalue weighted by molar-refractivity contribution is 7.99. The molecule has 108 valence electrons. The monoisotopic (exact) mass is 323 g/mol. The third-order valence-electron chi connectivity index (χ3n) is 2.41. The van der Waals surface area contributed by atoms with E-state index in [9.17, 15) is 14.9 Å². The number of nitro groups is 1. The number of aromatic nitrogens is 1. The van der Waals surface area contributed by atoms with Crippen LogP contribution >= 0.6 is 23.4 Å². The number of pyridine rings is 1. The molecule has 0 bridgehead atoms. The van der Waals surface area contributed by atoms with E-state index in [1.165, 1.54) is 30.1 Å². The minimum atomic E-state index is -0.519. The number of anilines is 1. The van der Waals surface area contributed by atoms with Crippen LogP contribution < -0.4 is 5.32 Å². The molecule has 0 unspecified atom stereocenters. The molecule has 0 aliphatic rings. The predicted molar refractivity (Wildman–Crippen MR) is 81.7 cm³/mol. The van der Waals surface area contributed by atoms with E-state index in [1.54, 1.807) is 24.3 Å². The molecule has 0 aliphatic heterocycles. The Morgan fingerprint density at radius 2 is 2.00 bits per heavy atom. The van der Waals surface area contributed by atoms with Crippen molar-refractivity contribution in [2.75, 3.05) is 11.1 Å². The summed E-state index contributed by atoms with van der Waals surface area (Å²) < 4.78 is 0. The molecule has 0 saturated heterocycles. The van der Waals surface area contributed by atoms with Crippen LogP contribution in [-0.4, -0.2) is 21.6 Å². The number of halogens is 1. The summed E-state index contributed by atoms with van der Waals surface area (Å²) in [6.45, 7) is 0. The Morgan fingerprint density at radius 1 is 1.29 bits per heavy atom. The standard InChI is InChI=1S/C13H10ClN3O3S/c14-9-1-3-10(4-2-9)16-12(18)8-21-13-6-5-11(7-15-13)17(19)20/h1-7H,8H2,(H,16,18). The molecule has 1 amide bonds. The quantitative estimate of drug-likeness (QED) is 0.518. The van der Waals surface area contributed by atoms with E-state index in [0.717, 1.165) is 0 Å². The molecule has 0 fully saturated rings. The number of amides is 1. The molecule has 0 atom stereocenters. The molecule has 1 aromatic carbocycles. The summed E-state index contributed by atoms with van der Waals surface area (Å²) in [5.74, 6) is -0.0320. The van der Waals surface area contributed by atoms with Gasteiger partial charge < -0.3 is 5.32 Å². The van der Waals surface area contributed by atoms with Crippen LogP contribution in [0.1, 0.15) is 0 Å². The average molecular weight is 324 g/mol. The van der Waals surface area contributed by atoms with Gasteiger partial charge in [-0.25, -0.2) is 4.98 Å². The number of carbonyl (C=O) groups is 1. The summed E-state index contributed by atoms with van der Waals surface area (Å²) in [4.78, 5) is 25.6. The lowest BCUT2D eigenvalue weighted by Gasteiger charge is -2.04. The van der Waals surface area contributed by atoms with Crippen molar-refractivity contribution >= 4 is 40.6 Å². The van der Waals surface area contributed by atoms with E-state index in [1.807, 2.05) is 0 Å². The van der Waals surface area contributed by atoms with Crippen LogP contribution in [0.15, 0.2) is 47.6 Å². The van der Waals surface area contributed by atoms with E-state index in [4.69, 9.17) is 11.6 Å². The minimum Gasteiger partial charge on any atom is -0.325 e. The van der Waals surface area contributed by atoms with Gasteiger partial charge in [0.2, 0.25) is 5.91 Å². The Hall–Kier alpha value is -2.12. The van der Waals surface area contributed by atoms with Gasteiger partial charge in [0.05, 0.1) is 15.7 Å². The fourth-order valence-corrected chi connectivity index (χ4v) is 2.20. The second-order valence-corrected chi connectivity index (χ2v) is 5.39. The maximum absolute atomic E-state index is 11.7. The van der Waals surface area contributed by atoms with Crippen LogP contribution in [0.2, 0.25) is 5.02 Å². The molecule has 1 N–H and O–H groups in total. The van der Waals surface area contributed by atoms with Crippen LogP contribution in [0, 0.1) is 10.1 Å². The van der Waals surface area contributed by atoms with Gasteiger partial charge in [-0.1, -0.05) is 23.4 Å². The summed E-state index contributed by atoms with van der Waals surface area (Å²) in [6.07, 6.45) is 1.17. The fraction of sp³-hybridized carbons (Fsp3) is 0.0769. The highest BCUT2D eigenvalue weighted by Gasteiger charge is 2.08. The first-order valence-corrected chi connectivity index (χ1v) is 7.19. The zero-order valence-corrected chi connectivity index (χ0v) is 12.2. The van der Waals surface area contributed by atoms with Gasteiger partial charge in [-0.15, -0.1) is 0 Å². The topological polar surface area (TPSA) is 85.1 Å². The smallest absolute Gasteiger partial charge is 0.287 e. The van der Waals surface area contributed by atoms with E-state index in [0.29, 0.717) is 15.7 Å². The zero-order valence-electron chi connectivity index (χ0n) is 10.7. The number of benzene rings is 1. The Bertz CT molecular complexity index is 647. The molecule has 0 saturated carbocycles. The van der Waals surface area contributed by atoms with Gasteiger partial charge >= 0.3 is 0 Å². The van der Waals surface area contributed by atoms with Crippen LogP contribution in [-0.2, 0) is 4.79 Å². The molecule has 0 spiro atoms. The Labute approximate surface area is 129 Å². The lowest BCUT2D eigenvalue weighted by molar-refractivity contribution is -0.385. The van der Waals surface area contributed by atoms with Crippen molar-refractivity contribution in [2.24, 2.45) is 0 Å². The molecule has 0 aliphatic carbocycles. The predicted octanol–water partition coefficient (Wildman–Crippen LogP) is 3.37. The van der Waals surface area contributed by atoms with Crippen molar-refractivity contribution < 1.29 is 9.72 Å². The number of carbonyl (C=O) groups excluding carboxylic acids is 1. The summed E-state index contributed by atoms with van der Waals surface area (Å²) in [5, 5.41) is 14.3. The van der Waals surface area contributed by atoms with Crippen LogP contribution in [0.5, 0.6) is 0 Å². The van der Waals surface area contributed by atoms with Crippen molar-refractivity contribution in [3.63, 3.8) is 0 Å². The SMILES string of the molecule is O=C(CSc1ccc([N+](=O)[O-])cn1)Nc1ccc(Cl)cc1. The van der Waals surface area contributed by atoms with Gasteiger partial charge in [0.1, 0.15) is 6.20 Å². The Kier molecular flexibility index (Phi) is 5.13. The number of hydrogen-bond donors (Lipinski definition) is 1. The average Bonchev–Trinajstić information content (AvgIpc) is 2.48. The van der Waals surface area contributed by atoms with Crippen molar-refractivity contribution in [3.05, 3.63) is 57.7 Å². The van der Waals surface area contributed by atoms with Crippen LogP contribution in [0.4, 0.5) is 11.4 Å². The first-order valence-electron chi connectivity index (χ1n) is 5.83. The van der Waals surface area contributed by atoms with Crippen molar-refractivity contribution in [1.29, 1.82) is 0 Å². The maximum atomic E-state index is 11.7. The largest absolute Gasteiger partial charge is 0.325 e. The van der Waals surface area contributed by atoms with E-state index >= 15 is 0 Å². The molecule has 2 aromatic rings. The molecule has 0 radical (unpaired) electrons. The molecule has 1 aromatic heterocycles. The van der Waals surface area contributed by atoms with Gasteiger partial charge in [-0.2, -0.15) is 0 Å². The van der Waals surface area contributed by atoms with Crippen molar-refractivity contribution in [3.8, 4) is 0 Å². The van der Waals surface area contributed by atoms with Crippen molar-refractivity contribution in [2.45, 2.75) is 5.03 Å². The zero-order chi connectivity index (χ0) is 15.2. The highest BCUT2D eigenvalue weighted by Crippen LogP contribution is 2.19. The normalized spacial score (nSPS) is 10.1. The molecule has 8 heteroatoms. The second-order valence-electron chi connectivity index (χ2n) is 3.96. The van der Waals surface area contributed by atoms with Gasteiger partial charge in [0.25, 0.3) is 5.69 Å². The van der Waals surface area contributed by atoms with Gasteiger partial charge in [0, 0.05) is 16.8 Å². The summed E-state index contributed by atoms with van der Waals surface area (Å²) >= 11 is 6.95. The fourth-order valence-electron chi connectivity index (χ4n) is 1.44. The molecule has 21 heavy (non-hydrogen) atoms.